The molecule has 1 saturated heterocycles. The average molecular weight is 284 g/mol. The zero-order valence-corrected chi connectivity index (χ0v) is 11.9. The normalized spacial score (nSPS) is 20.4. The van der Waals surface area contributed by atoms with Crippen molar-refractivity contribution >= 4 is 17.2 Å². The second kappa shape index (κ2) is 7.00. The molecular weight excluding hydrogens is 264 g/mol. The number of aliphatic hydroxyl groups is 1. The quantitative estimate of drug-likeness (QED) is 0.850. The molecule has 0 aromatic carbocycles. The van der Waals surface area contributed by atoms with Gasteiger partial charge in [-0.2, -0.15) is 11.3 Å². The van der Waals surface area contributed by atoms with Crippen molar-refractivity contribution < 1.29 is 14.6 Å². The molecule has 5 nitrogen and oxygen atoms in total. The molecule has 6 heteroatoms. The fraction of sp³-hybridized carbons (Fsp3) is 0.615. The van der Waals surface area contributed by atoms with Crippen molar-refractivity contribution in [1.29, 1.82) is 0 Å². The van der Waals surface area contributed by atoms with Gasteiger partial charge < -0.3 is 14.7 Å². The van der Waals surface area contributed by atoms with Crippen LogP contribution in [0, 0.1) is 0 Å². The Morgan fingerprint density at radius 3 is 3.21 bits per heavy atom. The number of hydrogen-bond acceptors (Lipinski definition) is 5. The number of thiophene rings is 1. The minimum Gasteiger partial charge on any atom is -0.395 e. The summed E-state index contributed by atoms with van der Waals surface area (Å²) in [5, 5.41) is 13.3. The second-order valence-corrected chi connectivity index (χ2v) is 5.54. The molecule has 1 fully saturated rings. The molecule has 1 unspecified atom stereocenters. The molecule has 1 aliphatic heterocycles. The maximum Gasteiger partial charge on any atom is 0.236 e. The van der Waals surface area contributed by atoms with Crippen LogP contribution in [-0.4, -0.2) is 66.8 Å². The second-order valence-electron chi connectivity index (χ2n) is 4.76. The van der Waals surface area contributed by atoms with Crippen LogP contribution in [0.4, 0.5) is 0 Å². The van der Waals surface area contributed by atoms with E-state index in [1.54, 1.807) is 16.2 Å². The van der Waals surface area contributed by atoms with Gasteiger partial charge in [0, 0.05) is 20.1 Å². The van der Waals surface area contributed by atoms with Crippen molar-refractivity contribution in [3.8, 4) is 0 Å². The molecule has 1 aliphatic rings. The summed E-state index contributed by atoms with van der Waals surface area (Å²) in [6, 6.07) is 1.96. The van der Waals surface area contributed by atoms with Crippen molar-refractivity contribution in [2.75, 3.05) is 40.0 Å². The van der Waals surface area contributed by atoms with E-state index in [4.69, 9.17) is 4.74 Å². The molecule has 19 heavy (non-hydrogen) atoms. The fourth-order valence-corrected chi connectivity index (χ4v) is 2.76. The number of morpholine rings is 1. The Morgan fingerprint density at radius 2 is 2.53 bits per heavy atom. The van der Waals surface area contributed by atoms with E-state index in [9.17, 15) is 9.90 Å². The number of rotatable bonds is 5. The van der Waals surface area contributed by atoms with E-state index >= 15 is 0 Å². The first-order valence-corrected chi connectivity index (χ1v) is 7.32. The van der Waals surface area contributed by atoms with Gasteiger partial charge in [-0.1, -0.05) is 0 Å². The Labute approximate surface area is 117 Å². The molecule has 1 N–H and O–H groups in total. The number of ether oxygens (including phenoxy) is 1. The highest BCUT2D eigenvalue weighted by Crippen LogP contribution is 2.10. The Balaban J connectivity index is 1.85. The number of carbonyl (C=O) groups excluding carboxylic acids is 1. The Hall–Kier alpha value is -0.950. The molecule has 1 atom stereocenters. The molecule has 1 amide bonds. The van der Waals surface area contributed by atoms with Gasteiger partial charge in [-0.25, -0.2) is 0 Å². The molecule has 1 aromatic heterocycles. The van der Waals surface area contributed by atoms with Crippen molar-refractivity contribution in [2.24, 2.45) is 0 Å². The van der Waals surface area contributed by atoms with E-state index in [0.29, 0.717) is 32.8 Å². The smallest absolute Gasteiger partial charge is 0.236 e. The summed E-state index contributed by atoms with van der Waals surface area (Å²) in [7, 11) is 1.81. The third kappa shape index (κ3) is 4.01. The molecule has 106 valence electrons. The van der Waals surface area contributed by atoms with Gasteiger partial charge in [-0.15, -0.1) is 0 Å². The molecule has 1 aromatic rings. The third-order valence-corrected chi connectivity index (χ3v) is 4.06. The zero-order valence-electron chi connectivity index (χ0n) is 11.1. The van der Waals surface area contributed by atoms with Gasteiger partial charge in [0.15, 0.2) is 0 Å². The van der Waals surface area contributed by atoms with E-state index in [1.165, 1.54) is 0 Å². The number of hydrogen-bond donors (Lipinski definition) is 1. The van der Waals surface area contributed by atoms with E-state index in [-0.39, 0.29) is 18.6 Å². The van der Waals surface area contributed by atoms with E-state index < -0.39 is 0 Å². The molecule has 2 rings (SSSR count). The number of nitrogens with zero attached hydrogens (tertiary/aromatic N) is 2. The first-order chi connectivity index (χ1) is 9.20. The number of amides is 1. The molecular formula is C13H20N2O3S. The van der Waals surface area contributed by atoms with Gasteiger partial charge >= 0.3 is 0 Å². The largest absolute Gasteiger partial charge is 0.395 e. The molecule has 0 aliphatic carbocycles. The molecule has 0 saturated carbocycles. The highest BCUT2D eigenvalue weighted by Gasteiger charge is 2.25. The Morgan fingerprint density at radius 1 is 1.68 bits per heavy atom. The van der Waals surface area contributed by atoms with Crippen molar-refractivity contribution in [3.05, 3.63) is 22.4 Å². The average Bonchev–Trinajstić information content (AvgIpc) is 2.92. The van der Waals surface area contributed by atoms with E-state index in [2.05, 4.69) is 5.38 Å². The summed E-state index contributed by atoms with van der Waals surface area (Å²) >= 11 is 1.64. The Kier molecular flexibility index (Phi) is 5.33. The van der Waals surface area contributed by atoms with Gasteiger partial charge in [0.1, 0.15) is 0 Å². The first kappa shape index (κ1) is 14.5. The van der Waals surface area contributed by atoms with Crippen LogP contribution in [0.5, 0.6) is 0 Å². The van der Waals surface area contributed by atoms with Crippen LogP contribution in [0.15, 0.2) is 16.8 Å². The van der Waals surface area contributed by atoms with Crippen LogP contribution < -0.4 is 0 Å². The predicted molar refractivity (Wildman–Crippen MR) is 74.1 cm³/mol. The minimum absolute atomic E-state index is 0.0293. The molecule has 2 heterocycles. The SMILES string of the molecule is CN(Cc1ccsc1)C(=O)CN1CCOCC1CO. The van der Waals surface area contributed by atoms with Crippen LogP contribution in [-0.2, 0) is 16.1 Å². The lowest BCUT2D eigenvalue weighted by atomic mass is 10.2. The van der Waals surface area contributed by atoms with Crippen LogP contribution in [0.2, 0.25) is 0 Å². The van der Waals surface area contributed by atoms with Gasteiger partial charge in [-0.3, -0.25) is 9.69 Å². The van der Waals surface area contributed by atoms with E-state index in [0.717, 1.165) is 5.56 Å². The Bertz CT molecular complexity index is 397. The standard InChI is InChI=1S/C13H20N2O3S/c1-14(6-11-2-5-19-10-11)13(17)7-15-3-4-18-9-12(15)8-16/h2,5,10,12,16H,3-4,6-9H2,1H3. The lowest BCUT2D eigenvalue weighted by Gasteiger charge is -2.34. The van der Waals surface area contributed by atoms with Crippen LogP contribution in [0.1, 0.15) is 5.56 Å². The van der Waals surface area contributed by atoms with Crippen LogP contribution in [0.25, 0.3) is 0 Å². The first-order valence-electron chi connectivity index (χ1n) is 6.38. The summed E-state index contributed by atoms with van der Waals surface area (Å²) in [5.41, 5.74) is 1.15. The van der Waals surface area contributed by atoms with Crippen molar-refractivity contribution in [1.82, 2.24) is 9.80 Å². The summed E-state index contributed by atoms with van der Waals surface area (Å²) in [4.78, 5) is 15.9. The third-order valence-electron chi connectivity index (χ3n) is 3.32. The van der Waals surface area contributed by atoms with E-state index in [1.807, 2.05) is 23.4 Å². The number of aliphatic hydroxyl groups excluding tert-OH is 1. The highest BCUT2D eigenvalue weighted by molar-refractivity contribution is 7.07. The van der Waals surface area contributed by atoms with Gasteiger partial charge in [0.05, 0.1) is 32.4 Å². The van der Waals surface area contributed by atoms with Crippen molar-refractivity contribution in [2.45, 2.75) is 12.6 Å². The summed E-state index contributed by atoms with van der Waals surface area (Å²) in [6.07, 6.45) is 0. The topological polar surface area (TPSA) is 53.0 Å². The predicted octanol–water partition coefficient (Wildman–Crippen LogP) is 0.400. The lowest BCUT2D eigenvalue weighted by molar-refractivity contribution is -0.134. The maximum absolute atomic E-state index is 12.2. The lowest BCUT2D eigenvalue weighted by Crippen LogP contribution is -2.51. The fourth-order valence-electron chi connectivity index (χ4n) is 2.10. The molecule has 0 radical (unpaired) electrons. The number of carbonyl (C=O) groups is 1. The van der Waals surface area contributed by atoms with Gasteiger partial charge in [0.25, 0.3) is 0 Å². The summed E-state index contributed by atoms with van der Waals surface area (Å²) < 4.78 is 5.31. The molecule has 0 bridgehead atoms. The van der Waals surface area contributed by atoms with Crippen LogP contribution >= 0.6 is 11.3 Å². The summed E-state index contributed by atoms with van der Waals surface area (Å²) in [5.74, 6) is 0.0755. The van der Waals surface area contributed by atoms with Gasteiger partial charge in [-0.05, 0) is 22.4 Å². The monoisotopic (exact) mass is 284 g/mol. The highest BCUT2D eigenvalue weighted by atomic mass is 32.1. The van der Waals surface area contributed by atoms with Crippen molar-refractivity contribution in [3.63, 3.8) is 0 Å². The maximum atomic E-state index is 12.2. The van der Waals surface area contributed by atoms with Gasteiger partial charge in [0.2, 0.25) is 5.91 Å². The minimum atomic E-state index is -0.0627. The number of likely N-dealkylation sites (N-methyl/N-ethyl adjacent to an activating group) is 1. The summed E-state index contributed by atoms with van der Waals surface area (Å²) in [6.45, 7) is 2.83. The molecule has 0 spiro atoms. The van der Waals surface area contributed by atoms with Crippen LogP contribution in [0.3, 0.4) is 0 Å². The zero-order chi connectivity index (χ0) is 13.7.